The summed E-state index contributed by atoms with van der Waals surface area (Å²) in [6.07, 6.45) is 3.14. The Morgan fingerprint density at radius 3 is 2.84 bits per heavy atom. The number of anilines is 1. The van der Waals surface area contributed by atoms with Gasteiger partial charge in [-0.25, -0.2) is 4.98 Å². The van der Waals surface area contributed by atoms with E-state index in [2.05, 4.69) is 10.3 Å². The second-order valence-corrected chi connectivity index (χ2v) is 4.67. The van der Waals surface area contributed by atoms with Gasteiger partial charge in [0.15, 0.2) is 5.13 Å². The van der Waals surface area contributed by atoms with Crippen LogP contribution in [0.1, 0.15) is 12.8 Å². The summed E-state index contributed by atoms with van der Waals surface area (Å²) in [5.74, 6) is -0.360. The second kappa shape index (κ2) is 8.31. The van der Waals surface area contributed by atoms with Gasteiger partial charge in [0, 0.05) is 18.1 Å². The van der Waals surface area contributed by atoms with E-state index >= 15 is 0 Å². The van der Waals surface area contributed by atoms with E-state index in [9.17, 15) is 9.59 Å². The van der Waals surface area contributed by atoms with Gasteiger partial charge in [-0.3, -0.25) is 9.59 Å². The first-order valence-corrected chi connectivity index (χ1v) is 6.30. The third kappa shape index (κ3) is 4.31. The minimum atomic E-state index is -0.407. The summed E-state index contributed by atoms with van der Waals surface area (Å²) >= 11 is 1.35. The van der Waals surface area contributed by atoms with E-state index in [-0.39, 0.29) is 43.2 Å². The summed E-state index contributed by atoms with van der Waals surface area (Å²) in [7, 11) is 0. The zero-order chi connectivity index (χ0) is 12.3. The number of nitrogens with zero attached hydrogens (tertiary/aromatic N) is 2. The molecule has 9 heteroatoms. The lowest BCUT2D eigenvalue weighted by Gasteiger charge is -2.22. The highest BCUT2D eigenvalue weighted by molar-refractivity contribution is 7.13. The third-order valence-corrected chi connectivity index (χ3v) is 3.40. The lowest BCUT2D eigenvalue weighted by molar-refractivity contribution is -0.135. The predicted octanol–water partition coefficient (Wildman–Crippen LogP) is 0.875. The summed E-state index contributed by atoms with van der Waals surface area (Å²) < 4.78 is 0. The SMILES string of the molecule is Cl.Cl.NCC(=O)N1CCCC1C(=O)Nc1nccs1. The van der Waals surface area contributed by atoms with Crippen molar-refractivity contribution in [3.8, 4) is 0 Å². The van der Waals surface area contributed by atoms with Gasteiger partial charge in [-0.2, -0.15) is 0 Å². The van der Waals surface area contributed by atoms with Crippen LogP contribution in [0.5, 0.6) is 0 Å². The van der Waals surface area contributed by atoms with Crippen molar-refractivity contribution < 1.29 is 9.59 Å². The lowest BCUT2D eigenvalue weighted by atomic mass is 10.2. The van der Waals surface area contributed by atoms with Crippen molar-refractivity contribution in [3.05, 3.63) is 11.6 Å². The molecule has 1 unspecified atom stereocenters. The average Bonchev–Trinajstić information content (AvgIpc) is 2.97. The van der Waals surface area contributed by atoms with Crippen LogP contribution in [0.2, 0.25) is 0 Å². The van der Waals surface area contributed by atoms with Crippen LogP contribution in [-0.4, -0.2) is 40.8 Å². The maximum atomic E-state index is 12.0. The van der Waals surface area contributed by atoms with Crippen molar-refractivity contribution in [2.24, 2.45) is 5.73 Å². The number of hydrogen-bond acceptors (Lipinski definition) is 5. The molecule has 1 aromatic rings. The van der Waals surface area contributed by atoms with Gasteiger partial charge in [0.05, 0.1) is 6.54 Å². The summed E-state index contributed by atoms with van der Waals surface area (Å²) in [6.45, 7) is 0.549. The molecule has 1 aliphatic heterocycles. The van der Waals surface area contributed by atoms with Gasteiger partial charge in [0.1, 0.15) is 6.04 Å². The monoisotopic (exact) mass is 326 g/mol. The van der Waals surface area contributed by atoms with E-state index in [0.717, 1.165) is 6.42 Å². The molecule has 0 radical (unpaired) electrons. The molecule has 2 rings (SSSR count). The zero-order valence-corrected chi connectivity index (χ0v) is 12.5. The third-order valence-electron chi connectivity index (χ3n) is 2.71. The molecule has 1 saturated heterocycles. The number of aromatic nitrogens is 1. The van der Waals surface area contributed by atoms with Crippen molar-refractivity contribution in [2.75, 3.05) is 18.4 Å². The average molecular weight is 327 g/mol. The molecule has 108 valence electrons. The fourth-order valence-corrected chi connectivity index (χ4v) is 2.46. The van der Waals surface area contributed by atoms with Crippen LogP contribution in [0, 0.1) is 0 Å². The van der Waals surface area contributed by atoms with Crippen LogP contribution in [0.4, 0.5) is 5.13 Å². The molecule has 6 nitrogen and oxygen atoms in total. The Labute approximate surface area is 127 Å². The van der Waals surface area contributed by atoms with Crippen molar-refractivity contribution in [3.63, 3.8) is 0 Å². The Morgan fingerprint density at radius 2 is 2.26 bits per heavy atom. The van der Waals surface area contributed by atoms with Gasteiger partial charge in [0.2, 0.25) is 11.8 Å². The Kier molecular flexibility index (Phi) is 7.93. The first-order chi connectivity index (χ1) is 8.22. The summed E-state index contributed by atoms with van der Waals surface area (Å²) in [4.78, 5) is 29.0. The molecule has 3 N–H and O–H groups in total. The number of likely N-dealkylation sites (tertiary alicyclic amines) is 1. The molecule has 1 atom stereocenters. The molecule has 1 aromatic heterocycles. The standard InChI is InChI=1S/C10H14N4O2S.2ClH/c11-6-8(15)14-4-1-2-7(14)9(16)13-10-12-3-5-17-10;;/h3,5,7H,1-2,4,6,11H2,(H,12,13,16);2*1H. The molecule has 1 fully saturated rings. The van der Waals surface area contributed by atoms with E-state index in [1.807, 2.05) is 0 Å². The fourth-order valence-electron chi connectivity index (χ4n) is 1.93. The van der Waals surface area contributed by atoms with E-state index in [4.69, 9.17) is 5.73 Å². The number of amides is 2. The van der Waals surface area contributed by atoms with Gasteiger partial charge in [-0.05, 0) is 12.8 Å². The van der Waals surface area contributed by atoms with Gasteiger partial charge >= 0.3 is 0 Å². The molecule has 0 aromatic carbocycles. The van der Waals surface area contributed by atoms with Crippen LogP contribution in [0.3, 0.4) is 0 Å². The quantitative estimate of drug-likeness (QED) is 0.862. The highest BCUT2D eigenvalue weighted by Gasteiger charge is 2.33. The van der Waals surface area contributed by atoms with Crippen LogP contribution >= 0.6 is 36.2 Å². The Hall–Kier alpha value is -0.890. The summed E-state index contributed by atoms with van der Waals surface area (Å²) in [5, 5.41) is 5.05. The smallest absolute Gasteiger partial charge is 0.248 e. The van der Waals surface area contributed by atoms with Crippen molar-refractivity contribution in [2.45, 2.75) is 18.9 Å². The number of nitrogens with one attached hydrogen (secondary N) is 1. The van der Waals surface area contributed by atoms with Crippen molar-refractivity contribution in [1.29, 1.82) is 0 Å². The zero-order valence-electron chi connectivity index (χ0n) is 10.1. The number of nitrogens with two attached hydrogens (primary N) is 1. The molecule has 0 spiro atoms. The highest BCUT2D eigenvalue weighted by Crippen LogP contribution is 2.19. The predicted molar refractivity (Wildman–Crippen MR) is 79.0 cm³/mol. The van der Waals surface area contributed by atoms with Crippen LogP contribution in [0.25, 0.3) is 0 Å². The van der Waals surface area contributed by atoms with E-state index in [0.29, 0.717) is 18.1 Å². The van der Waals surface area contributed by atoms with Crippen molar-refractivity contribution >= 4 is 53.1 Å². The van der Waals surface area contributed by atoms with Crippen LogP contribution in [0.15, 0.2) is 11.6 Å². The summed E-state index contributed by atoms with van der Waals surface area (Å²) in [6, 6.07) is -0.407. The lowest BCUT2D eigenvalue weighted by Crippen LogP contribution is -2.45. The maximum absolute atomic E-state index is 12.0. The van der Waals surface area contributed by atoms with Gasteiger partial charge in [-0.1, -0.05) is 0 Å². The van der Waals surface area contributed by atoms with E-state index < -0.39 is 6.04 Å². The molecular weight excluding hydrogens is 311 g/mol. The largest absolute Gasteiger partial charge is 0.330 e. The Morgan fingerprint density at radius 1 is 1.53 bits per heavy atom. The number of halogens is 2. The second-order valence-electron chi connectivity index (χ2n) is 3.78. The number of rotatable bonds is 3. The normalized spacial score (nSPS) is 17.3. The van der Waals surface area contributed by atoms with Crippen LogP contribution in [-0.2, 0) is 9.59 Å². The van der Waals surface area contributed by atoms with Crippen molar-refractivity contribution in [1.82, 2.24) is 9.88 Å². The number of thiazole rings is 1. The van der Waals surface area contributed by atoms with E-state index in [1.165, 1.54) is 11.3 Å². The topological polar surface area (TPSA) is 88.3 Å². The summed E-state index contributed by atoms with van der Waals surface area (Å²) in [5.41, 5.74) is 5.32. The Balaban J connectivity index is 0.00000162. The molecule has 0 bridgehead atoms. The number of carbonyl (C=O) groups is 2. The minimum absolute atomic E-state index is 0. The molecule has 0 saturated carbocycles. The van der Waals surface area contributed by atoms with Gasteiger partial charge in [-0.15, -0.1) is 36.2 Å². The maximum Gasteiger partial charge on any atom is 0.248 e. The number of carbonyl (C=O) groups excluding carboxylic acids is 2. The van der Waals surface area contributed by atoms with Crippen LogP contribution < -0.4 is 11.1 Å². The first-order valence-electron chi connectivity index (χ1n) is 5.42. The minimum Gasteiger partial charge on any atom is -0.330 e. The van der Waals surface area contributed by atoms with Gasteiger partial charge in [0.25, 0.3) is 0 Å². The Bertz CT molecular complexity index is 416. The number of hydrogen-bond donors (Lipinski definition) is 2. The first kappa shape index (κ1) is 18.1. The molecular formula is C10H16Cl2N4O2S. The molecule has 19 heavy (non-hydrogen) atoms. The molecule has 1 aliphatic rings. The van der Waals surface area contributed by atoms with E-state index in [1.54, 1.807) is 16.5 Å². The van der Waals surface area contributed by atoms with Gasteiger partial charge < -0.3 is 16.0 Å². The molecule has 0 aliphatic carbocycles. The molecule has 2 heterocycles. The molecule has 2 amide bonds. The highest BCUT2D eigenvalue weighted by atomic mass is 35.5. The fraction of sp³-hybridized carbons (Fsp3) is 0.500.